The second-order valence-electron chi connectivity index (χ2n) is 4.43. The molecule has 0 saturated carbocycles. The average molecular weight is 236 g/mol. The van der Waals surface area contributed by atoms with Gasteiger partial charge >= 0.3 is 0 Å². The number of hydrogen-bond donors (Lipinski definition) is 0. The van der Waals surface area contributed by atoms with E-state index in [0.29, 0.717) is 18.6 Å². The van der Waals surface area contributed by atoms with Crippen LogP contribution in [0.2, 0.25) is 0 Å². The number of ether oxygens (including phenoxy) is 2. The number of ketones is 1. The van der Waals surface area contributed by atoms with E-state index in [9.17, 15) is 4.79 Å². The van der Waals surface area contributed by atoms with Gasteiger partial charge in [0.15, 0.2) is 5.78 Å². The van der Waals surface area contributed by atoms with Gasteiger partial charge in [-0.25, -0.2) is 0 Å². The number of carbonyl (C=O) groups is 1. The third-order valence-electron chi connectivity index (χ3n) is 2.47. The molecule has 0 aromatic heterocycles. The van der Waals surface area contributed by atoms with Crippen LogP contribution >= 0.6 is 0 Å². The predicted octanol–water partition coefficient (Wildman–Crippen LogP) is 3.13. The van der Waals surface area contributed by atoms with Crippen molar-refractivity contribution in [1.29, 1.82) is 0 Å². The molecule has 0 spiro atoms. The molecule has 0 saturated heterocycles. The lowest BCUT2D eigenvalue weighted by atomic mass is 10.1. The Morgan fingerprint density at radius 2 is 2.35 bits per heavy atom. The molecular weight excluding hydrogens is 216 g/mol. The topological polar surface area (TPSA) is 35.5 Å². The monoisotopic (exact) mass is 236 g/mol. The van der Waals surface area contributed by atoms with Crippen LogP contribution in [0.5, 0.6) is 0 Å². The summed E-state index contributed by atoms with van der Waals surface area (Å²) in [6.07, 6.45) is 9.41. The fourth-order valence-corrected chi connectivity index (χ4v) is 1.41. The quantitative estimate of drug-likeness (QED) is 0.525. The zero-order valence-corrected chi connectivity index (χ0v) is 10.6. The lowest BCUT2D eigenvalue weighted by Gasteiger charge is -2.29. The molecule has 0 bridgehead atoms. The van der Waals surface area contributed by atoms with Crippen LogP contribution < -0.4 is 0 Å². The van der Waals surface area contributed by atoms with Gasteiger partial charge in [-0.15, -0.1) is 0 Å². The Labute approximate surface area is 103 Å². The maximum Gasteiger partial charge on any atom is 0.204 e. The van der Waals surface area contributed by atoms with Gasteiger partial charge in [0.05, 0.1) is 18.4 Å². The molecule has 1 aliphatic rings. The molecule has 0 radical (unpaired) electrons. The summed E-state index contributed by atoms with van der Waals surface area (Å²) in [7, 11) is 0. The highest BCUT2D eigenvalue weighted by Crippen LogP contribution is 2.20. The summed E-state index contributed by atoms with van der Waals surface area (Å²) >= 11 is 0. The summed E-state index contributed by atoms with van der Waals surface area (Å²) in [6, 6.07) is 0. The van der Waals surface area contributed by atoms with E-state index in [1.165, 1.54) is 6.26 Å². The molecule has 1 heterocycles. The van der Waals surface area contributed by atoms with Crippen molar-refractivity contribution in [2.45, 2.75) is 38.9 Å². The number of rotatable bonds is 6. The van der Waals surface area contributed by atoms with E-state index in [1.54, 1.807) is 6.08 Å². The van der Waals surface area contributed by atoms with Crippen LogP contribution in [0.15, 0.2) is 36.6 Å². The molecule has 17 heavy (non-hydrogen) atoms. The van der Waals surface area contributed by atoms with Crippen LogP contribution in [0.3, 0.4) is 0 Å². The second kappa shape index (κ2) is 6.40. The lowest BCUT2D eigenvalue weighted by molar-refractivity contribution is -0.189. The SMILES string of the molecule is C=C/C=C/CCCC(=O)C1=COC(C)(C)OC1. The van der Waals surface area contributed by atoms with Gasteiger partial charge in [0.2, 0.25) is 5.79 Å². The van der Waals surface area contributed by atoms with Crippen LogP contribution in [-0.2, 0) is 14.3 Å². The van der Waals surface area contributed by atoms with Crippen molar-refractivity contribution in [1.82, 2.24) is 0 Å². The molecule has 0 amide bonds. The normalized spacial score (nSPS) is 18.6. The van der Waals surface area contributed by atoms with E-state index in [-0.39, 0.29) is 5.78 Å². The Morgan fingerprint density at radius 3 is 2.94 bits per heavy atom. The smallest absolute Gasteiger partial charge is 0.204 e. The fourth-order valence-electron chi connectivity index (χ4n) is 1.41. The van der Waals surface area contributed by atoms with Crippen molar-refractivity contribution >= 4 is 5.78 Å². The predicted molar refractivity (Wildman–Crippen MR) is 67.4 cm³/mol. The molecule has 0 aromatic carbocycles. The molecule has 94 valence electrons. The van der Waals surface area contributed by atoms with Gasteiger partial charge in [-0.2, -0.15) is 0 Å². The first kappa shape index (κ1) is 13.7. The zero-order valence-electron chi connectivity index (χ0n) is 10.6. The Bertz CT molecular complexity index is 337. The standard InChI is InChI=1S/C14H20O3/c1-4-5-6-7-8-9-13(15)12-10-16-14(2,3)17-11-12/h4-6,10H,1,7-9,11H2,2-3H3/b6-5+. The first-order chi connectivity index (χ1) is 8.05. The van der Waals surface area contributed by atoms with Gasteiger partial charge in [-0.3, -0.25) is 4.79 Å². The van der Waals surface area contributed by atoms with Crippen molar-refractivity contribution in [2.24, 2.45) is 0 Å². The number of unbranched alkanes of at least 4 members (excludes halogenated alkanes) is 1. The Morgan fingerprint density at radius 1 is 1.59 bits per heavy atom. The van der Waals surface area contributed by atoms with Crippen molar-refractivity contribution in [3.05, 3.63) is 36.6 Å². The fraction of sp³-hybridized carbons (Fsp3) is 0.500. The Balaban J connectivity index is 2.31. The van der Waals surface area contributed by atoms with Gasteiger partial charge < -0.3 is 9.47 Å². The van der Waals surface area contributed by atoms with E-state index < -0.39 is 5.79 Å². The van der Waals surface area contributed by atoms with Gasteiger partial charge in [0.1, 0.15) is 0 Å². The highest BCUT2D eigenvalue weighted by molar-refractivity contribution is 5.95. The van der Waals surface area contributed by atoms with Crippen LogP contribution in [-0.4, -0.2) is 18.2 Å². The second-order valence-corrected chi connectivity index (χ2v) is 4.43. The zero-order chi connectivity index (χ0) is 12.7. The van der Waals surface area contributed by atoms with Crippen LogP contribution in [0, 0.1) is 0 Å². The summed E-state index contributed by atoms with van der Waals surface area (Å²) in [5, 5.41) is 0. The summed E-state index contributed by atoms with van der Waals surface area (Å²) < 4.78 is 10.7. The van der Waals surface area contributed by atoms with E-state index in [2.05, 4.69) is 6.58 Å². The third-order valence-corrected chi connectivity index (χ3v) is 2.47. The molecule has 0 N–H and O–H groups in total. The van der Waals surface area contributed by atoms with Gasteiger partial charge in [0, 0.05) is 20.3 Å². The molecule has 3 heteroatoms. The summed E-state index contributed by atoms with van der Waals surface area (Å²) in [5.74, 6) is -0.510. The van der Waals surface area contributed by atoms with Gasteiger partial charge in [0.25, 0.3) is 0 Å². The maximum atomic E-state index is 11.8. The summed E-state index contributed by atoms with van der Waals surface area (Å²) in [5.41, 5.74) is 0.622. The molecular formula is C14H20O3. The maximum absolute atomic E-state index is 11.8. The Hall–Kier alpha value is -1.35. The number of hydrogen-bond acceptors (Lipinski definition) is 3. The van der Waals surface area contributed by atoms with Gasteiger partial charge in [-0.1, -0.05) is 24.8 Å². The highest BCUT2D eigenvalue weighted by Gasteiger charge is 2.25. The van der Waals surface area contributed by atoms with Crippen LogP contribution in [0.25, 0.3) is 0 Å². The molecule has 0 aliphatic carbocycles. The number of carbonyl (C=O) groups excluding carboxylic acids is 1. The molecule has 0 aromatic rings. The molecule has 1 aliphatic heterocycles. The van der Waals surface area contributed by atoms with E-state index in [4.69, 9.17) is 9.47 Å². The van der Waals surface area contributed by atoms with Crippen molar-refractivity contribution in [3.8, 4) is 0 Å². The minimum atomic E-state index is -0.615. The molecule has 0 fully saturated rings. The first-order valence-electron chi connectivity index (χ1n) is 5.87. The molecule has 0 unspecified atom stereocenters. The average Bonchev–Trinajstić information content (AvgIpc) is 2.28. The minimum absolute atomic E-state index is 0.104. The summed E-state index contributed by atoms with van der Waals surface area (Å²) in [4.78, 5) is 11.8. The van der Waals surface area contributed by atoms with Crippen molar-refractivity contribution in [3.63, 3.8) is 0 Å². The van der Waals surface area contributed by atoms with Crippen molar-refractivity contribution < 1.29 is 14.3 Å². The minimum Gasteiger partial charge on any atom is -0.470 e. The number of allylic oxidation sites excluding steroid dienone is 3. The lowest BCUT2D eigenvalue weighted by Crippen LogP contribution is -2.32. The summed E-state index contributed by atoms with van der Waals surface area (Å²) in [6.45, 7) is 7.57. The third kappa shape index (κ3) is 5.00. The number of Topliss-reactive ketones (excluding diaryl/α,β-unsaturated/α-hetero) is 1. The van der Waals surface area contributed by atoms with E-state index in [0.717, 1.165) is 12.8 Å². The van der Waals surface area contributed by atoms with Crippen molar-refractivity contribution in [2.75, 3.05) is 6.61 Å². The molecule has 0 atom stereocenters. The first-order valence-corrected chi connectivity index (χ1v) is 5.87. The largest absolute Gasteiger partial charge is 0.470 e. The van der Waals surface area contributed by atoms with Gasteiger partial charge in [-0.05, 0) is 12.8 Å². The van der Waals surface area contributed by atoms with E-state index in [1.807, 2.05) is 26.0 Å². The Kier molecular flexibility index (Phi) is 5.16. The molecule has 1 rings (SSSR count). The van der Waals surface area contributed by atoms with Crippen LogP contribution in [0.4, 0.5) is 0 Å². The molecule has 3 nitrogen and oxygen atoms in total. The highest BCUT2D eigenvalue weighted by atomic mass is 16.7. The van der Waals surface area contributed by atoms with Crippen LogP contribution in [0.1, 0.15) is 33.1 Å². The van der Waals surface area contributed by atoms with E-state index >= 15 is 0 Å².